The first-order chi connectivity index (χ1) is 9.66. The van der Waals surface area contributed by atoms with Crippen LogP contribution in [-0.4, -0.2) is 16.1 Å². The summed E-state index contributed by atoms with van der Waals surface area (Å²) in [6.45, 7) is 0. The van der Waals surface area contributed by atoms with Crippen molar-refractivity contribution >= 4 is 17.6 Å². The van der Waals surface area contributed by atoms with Crippen LogP contribution in [0.3, 0.4) is 0 Å². The standard InChI is InChI=1S/C16H14ClNO2/c17-13-6-2-1-4-12(13)15-9-8-10-11(16(19)20)5-3-7-14(10)18-15/h1-2,4,6,8-9,11H,3,5,7H2,(H,19,20). The molecular weight excluding hydrogens is 274 g/mol. The van der Waals surface area contributed by atoms with Gasteiger partial charge in [0.1, 0.15) is 0 Å². The summed E-state index contributed by atoms with van der Waals surface area (Å²) < 4.78 is 0. The fourth-order valence-electron chi connectivity index (χ4n) is 2.73. The molecule has 0 saturated heterocycles. The van der Waals surface area contributed by atoms with Gasteiger partial charge in [0.25, 0.3) is 0 Å². The van der Waals surface area contributed by atoms with Gasteiger partial charge >= 0.3 is 5.97 Å². The average Bonchev–Trinajstić information content (AvgIpc) is 2.46. The fraction of sp³-hybridized carbons (Fsp3) is 0.250. The van der Waals surface area contributed by atoms with Gasteiger partial charge in [0, 0.05) is 16.3 Å². The third kappa shape index (κ3) is 2.29. The molecule has 1 unspecified atom stereocenters. The third-order valence-corrected chi connectivity index (χ3v) is 4.07. The molecule has 0 saturated carbocycles. The number of rotatable bonds is 2. The molecule has 0 radical (unpaired) electrons. The van der Waals surface area contributed by atoms with E-state index in [1.807, 2.05) is 36.4 Å². The van der Waals surface area contributed by atoms with E-state index in [0.29, 0.717) is 11.4 Å². The second-order valence-corrected chi connectivity index (χ2v) is 5.40. The molecule has 3 nitrogen and oxygen atoms in total. The van der Waals surface area contributed by atoms with E-state index in [-0.39, 0.29) is 0 Å². The molecule has 0 aliphatic heterocycles. The first kappa shape index (κ1) is 13.1. The van der Waals surface area contributed by atoms with E-state index < -0.39 is 11.9 Å². The number of aliphatic carboxylic acids is 1. The van der Waals surface area contributed by atoms with Gasteiger partial charge in [0.15, 0.2) is 0 Å². The van der Waals surface area contributed by atoms with Crippen molar-refractivity contribution in [1.29, 1.82) is 0 Å². The molecule has 1 heterocycles. The Morgan fingerprint density at radius 2 is 2.05 bits per heavy atom. The molecule has 0 amide bonds. The molecule has 3 rings (SSSR count). The van der Waals surface area contributed by atoms with E-state index in [4.69, 9.17) is 11.6 Å². The quantitative estimate of drug-likeness (QED) is 0.911. The SMILES string of the molecule is O=C(O)C1CCCc2nc(-c3ccccc3Cl)ccc21. The Bertz CT molecular complexity index is 669. The number of carboxylic acid groups (broad SMARTS) is 1. The van der Waals surface area contributed by atoms with Crippen LogP contribution in [0.4, 0.5) is 0 Å². The van der Waals surface area contributed by atoms with Gasteiger partial charge in [-0.15, -0.1) is 0 Å². The van der Waals surface area contributed by atoms with E-state index >= 15 is 0 Å². The Hall–Kier alpha value is -1.87. The van der Waals surface area contributed by atoms with Crippen LogP contribution < -0.4 is 0 Å². The molecule has 2 aromatic rings. The highest BCUT2D eigenvalue weighted by Crippen LogP contribution is 2.33. The molecular formula is C16H14ClNO2. The van der Waals surface area contributed by atoms with Crippen molar-refractivity contribution in [2.24, 2.45) is 0 Å². The molecule has 1 N–H and O–H groups in total. The lowest BCUT2D eigenvalue weighted by molar-refractivity contribution is -0.139. The average molecular weight is 288 g/mol. The van der Waals surface area contributed by atoms with Crippen molar-refractivity contribution in [2.75, 3.05) is 0 Å². The molecule has 1 aromatic heterocycles. The Morgan fingerprint density at radius 3 is 2.80 bits per heavy atom. The largest absolute Gasteiger partial charge is 0.481 e. The van der Waals surface area contributed by atoms with Gasteiger partial charge in [-0.05, 0) is 37.0 Å². The number of carboxylic acids is 1. The van der Waals surface area contributed by atoms with Crippen molar-refractivity contribution < 1.29 is 9.90 Å². The van der Waals surface area contributed by atoms with Crippen LogP contribution in [0.5, 0.6) is 0 Å². The van der Waals surface area contributed by atoms with Crippen molar-refractivity contribution in [3.05, 3.63) is 52.7 Å². The maximum atomic E-state index is 11.3. The van der Waals surface area contributed by atoms with Crippen LogP contribution in [0.25, 0.3) is 11.3 Å². The highest BCUT2D eigenvalue weighted by molar-refractivity contribution is 6.33. The molecule has 1 aliphatic rings. The van der Waals surface area contributed by atoms with E-state index in [2.05, 4.69) is 4.98 Å². The van der Waals surface area contributed by atoms with Crippen LogP contribution in [0, 0.1) is 0 Å². The van der Waals surface area contributed by atoms with Gasteiger partial charge in [-0.25, -0.2) is 0 Å². The van der Waals surface area contributed by atoms with Gasteiger partial charge in [-0.1, -0.05) is 35.9 Å². The second-order valence-electron chi connectivity index (χ2n) is 5.00. The molecule has 1 aromatic carbocycles. The van der Waals surface area contributed by atoms with E-state index in [1.54, 1.807) is 0 Å². The van der Waals surface area contributed by atoms with Crippen molar-refractivity contribution in [1.82, 2.24) is 4.98 Å². The lowest BCUT2D eigenvalue weighted by atomic mass is 9.85. The minimum absolute atomic E-state index is 0.424. The highest BCUT2D eigenvalue weighted by Gasteiger charge is 2.27. The second kappa shape index (κ2) is 5.25. The maximum Gasteiger partial charge on any atom is 0.311 e. The Kier molecular flexibility index (Phi) is 3.45. The molecule has 4 heteroatoms. The third-order valence-electron chi connectivity index (χ3n) is 3.74. The number of carbonyl (C=O) groups is 1. The first-order valence-electron chi connectivity index (χ1n) is 6.64. The molecule has 20 heavy (non-hydrogen) atoms. The van der Waals surface area contributed by atoms with Crippen LogP contribution in [-0.2, 0) is 11.2 Å². The maximum absolute atomic E-state index is 11.3. The summed E-state index contributed by atoms with van der Waals surface area (Å²) in [5, 5.41) is 9.92. The number of aryl methyl sites for hydroxylation is 1. The van der Waals surface area contributed by atoms with Crippen LogP contribution in [0.2, 0.25) is 5.02 Å². The van der Waals surface area contributed by atoms with E-state index in [9.17, 15) is 9.90 Å². The molecule has 1 aliphatic carbocycles. The van der Waals surface area contributed by atoms with E-state index in [0.717, 1.165) is 35.4 Å². The number of hydrogen-bond donors (Lipinski definition) is 1. The molecule has 102 valence electrons. The van der Waals surface area contributed by atoms with Crippen molar-refractivity contribution in [3.63, 3.8) is 0 Å². The van der Waals surface area contributed by atoms with Gasteiger partial charge in [-0.3, -0.25) is 9.78 Å². The van der Waals surface area contributed by atoms with Crippen LogP contribution >= 0.6 is 11.6 Å². The number of pyridine rings is 1. The zero-order chi connectivity index (χ0) is 14.1. The van der Waals surface area contributed by atoms with E-state index in [1.165, 1.54) is 0 Å². The number of hydrogen-bond acceptors (Lipinski definition) is 2. The highest BCUT2D eigenvalue weighted by atomic mass is 35.5. The lowest BCUT2D eigenvalue weighted by Crippen LogP contribution is -2.19. The number of aromatic nitrogens is 1. The number of halogens is 1. The van der Waals surface area contributed by atoms with Crippen LogP contribution in [0.1, 0.15) is 30.0 Å². The van der Waals surface area contributed by atoms with Gasteiger partial charge in [0.05, 0.1) is 11.6 Å². The van der Waals surface area contributed by atoms with Gasteiger partial charge in [-0.2, -0.15) is 0 Å². The van der Waals surface area contributed by atoms with Crippen molar-refractivity contribution in [2.45, 2.75) is 25.2 Å². The normalized spacial score (nSPS) is 17.6. The summed E-state index contributed by atoms with van der Waals surface area (Å²) in [4.78, 5) is 15.9. The summed E-state index contributed by atoms with van der Waals surface area (Å²) in [5.74, 6) is -1.19. The molecule has 0 fully saturated rings. The van der Waals surface area contributed by atoms with Crippen LogP contribution in [0.15, 0.2) is 36.4 Å². The Balaban J connectivity index is 2.06. The summed E-state index contributed by atoms with van der Waals surface area (Å²) >= 11 is 6.19. The molecule has 0 bridgehead atoms. The zero-order valence-corrected chi connectivity index (χ0v) is 11.6. The number of benzene rings is 1. The molecule has 0 spiro atoms. The summed E-state index contributed by atoms with van der Waals surface area (Å²) in [7, 11) is 0. The number of fused-ring (bicyclic) bond motifs is 1. The lowest BCUT2D eigenvalue weighted by Gasteiger charge is -2.22. The van der Waals surface area contributed by atoms with Crippen molar-refractivity contribution in [3.8, 4) is 11.3 Å². The summed E-state index contributed by atoms with van der Waals surface area (Å²) in [6, 6.07) is 11.3. The van der Waals surface area contributed by atoms with Gasteiger partial charge < -0.3 is 5.11 Å². The number of nitrogens with zero attached hydrogens (tertiary/aromatic N) is 1. The predicted molar refractivity (Wildman–Crippen MR) is 78.0 cm³/mol. The first-order valence-corrected chi connectivity index (χ1v) is 7.02. The minimum atomic E-state index is -0.766. The summed E-state index contributed by atoms with van der Waals surface area (Å²) in [5.41, 5.74) is 3.43. The smallest absolute Gasteiger partial charge is 0.311 e. The predicted octanol–water partition coefficient (Wildman–Crippen LogP) is 3.91. The zero-order valence-electron chi connectivity index (χ0n) is 10.8. The topological polar surface area (TPSA) is 50.2 Å². The minimum Gasteiger partial charge on any atom is -0.481 e. The summed E-state index contributed by atoms with van der Waals surface area (Å²) in [6.07, 6.45) is 2.38. The monoisotopic (exact) mass is 287 g/mol. The van der Waals surface area contributed by atoms with Gasteiger partial charge in [0.2, 0.25) is 0 Å². The fourth-order valence-corrected chi connectivity index (χ4v) is 2.97. The Morgan fingerprint density at radius 1 is 1.25 bits per heavy atom. The molecule has 1 atom stereocenters. The Labute approximate surface area is 122 Å².